The Labute approximate surface area is 96.1 Å². The van der Waals surface area contributed by atoms with E-state index in [0.29, 0.717) is 0 Å². The van der Waals surface area contributed by atoms with Crippen molar-refractivity contribution in [2.75, 3.05) is 0 Å². The predicted octanol–water partition coefficient (Wildman–Crippen LogP) is 3.22. The summed E-state index contributed by atoms with van der Waals surface area (Å²) in [6.45, 7) is 2.09. The maximum Gasteiger partial charge on any atom is 0.103 e. The lowest BCUT2D eigenvalue weighted by Gasteiger charge is -2.11. The van der Waals surface area contributed by atoms with Crippen molar-refractivity contribution < 1.29 is 4.42 Å². The molecule has 0 amide bonds. The Morgan fingerprint density at radius 3 is 2.81 bits per heavy atom. The molecule has 0 saturated carbocycles. The second-order valence-corrected chi connectivity index (χ2v) is 4.14. The van der Waals surface area contributed by atoms with E-state index in [1.807, 2.05) is 12.1 Å². The van der Waals surface area contributed by atoms with Crippen molar-refractivity contribution >= 4 is 0 Å². The molecule has 2 rings (SSSR count). The molecule has 16 heavy (non-hydrogen) atoms. The topological polar surface area (TPSA) is 39.2 Å². The van der Waals surface area contributed by atoms with Crippen LogP contribution < -0.4 is 5.73 Å². The fourth-order valence-electron chi connectivity index (χ4n) is 1.82. The van der Waals surface area contributed by atoms with Gasteiger partial charge in [0.25, 0.3) is 0 Å². The Morgan fingerprint density at radius 1 is 1.25 bits per heavy atom. The first-order chi connectivity index (χ1) is 7.75. The molecule has 1 unspecified atom stereocenters. The van der Waals surface area contributed by atoms with Gasteiger partial charge in [-0.3, -0.25) is 0 Å². The highest BCUT2D eigenvalue weighted by Gasteiger charge is 2.07. The van der Waals surface area contributed by atoms with Gasteiger partial charge in [-0.05, 0) is 31.0 Å². The minimum absolute atomic E-state index is 0.0880. The Morgan fingerprint density at radius 2 is 2.12 bits per heavy atom. The second-order valence-electron chi connectivity index (χ2n) is 4.14. The Bertz CT molecular complexity index is 434. The highest BCUT2D eigenvalue weighted by Crippen LogP contribution is 2.17. The smallest absolute Gasteiger partial charge is 0.103 e. The zero-order chi connectivity index (χ0) is 11.4. The average molecular weight is 215 g/mol. The first kappa shape index (κ1) is 11.0. The minimum Gasteiger partial charge on any atom is -0.469 e. The Kier molecular flexibility index (Phi) is 3.42. The van der Waals surface area contributed by atoms with E-state index in [0.717, 1.165) is 18.6 Å². The summed E-state index contributed by atoms with van der Waals surface area (Å²) < 4.78 is 5.29. The van der Waals surface area contributed by atoms with E-state index in [-0.39, 0.29) is 6.04 Å². The number of nitrogens with two attached hydrogens (primary N) is 1. The van der Waals surface area contributed by atoms with Gasteiger partial charge in [-0.25, -0.2) is 0 Å². The lowest BCUT2D eigenvalue weighted by Crippen LogP contribution is -2.11. The molecule has 0 aliphatic heterocycles. The van der Waals surface area contributed by atoms with Crippen LogP contribution in [0.5, 0.6) is 0 Å². The molecule has 0 spiro atoms. The molecule has 1 aromatic carbocycles. The van der Waals surface area contributed by atoms with Crippen LogP contribution >= 0.6 is 0 Å². The first-order valence-electron chi connectivity index (χ1n) is 5.60. The molecule has 2 nitrogen and oxygen atoms in total. The van der Waals surface area contributed by atoms with Crippen molar-refractivity contribution in [3.8, 4) is 0 Å². The maximum atomic E-state index is 6.14. The van der Waals surface area contributed by atoms with E-state index in [2.05, 4.69) is 31.2 Å². The number of furan rings is 1. The molecule has 0 aliphatic rings. The van der Waals surface area contributed by atoms with Crippen molar-refractivity contribution in [2.45, 2.75) is 25.8 Å². The molecule has 0 bridgehead atoms. The SMILES string of the molecule is Cc1cccc(C(N)CCc2ccco2)c1. The summed E-state index contributed by atoms with van der Waals surface area (Å²) in [6, 6.07) is 12.4. The zero-order valence-corrected chi connectivity index (χ0v) is 9.52. The third kappa shape index (κ3) is 2.74. The summed E-state index contributed by atoms with van der Waals surface area (Å²) in [6.07, 6.45) is 3.51. The molecule has 0 radical (unpaired) electrons. The van der Waals surface area contributed by atoms with Crippen LogP contribution in [0.15, 0.2) is 47.1 Å². The lowest BCUT2D eigenvalue weighted by atomic mass is 10.0. The third-order valence-corrected chi connectivity index (χ3v) is 2.75. The molecule has 1 heterocycles. The van der Waals surface area contributed by atoms with Crippen molar-refractivity contribution in [1.82, 2.24) is 0 Å². The highest BCUT2D eigenvalue weighted by atomic mass is 16.3. The van der Waals surface area contributed by atoms with Crippen molar-refractivity contribution in [1.29, 1.82) is 0 Å². The first-order valence-corrected chi connectivity index (χ1v) is 5.60. The minimum atomic E-state index is 0.0880. The Balaban J connectivity index is 1.95. The molecular formula is C14H17NO. The van der Waals surface area contributed by atoms with Crippen LogP contribution in [0.25, 0.3) is 0 Å². The number of rotatable bonds is 4. The molecule has 1 atom stereocenters. The van der Waals surface area contributed by atoms with Crippen LogP contribution in [0, 0.1) is 6.92 Å². The monoisotopic (exact) mass is 215 g/mol. The number of hydrogen-bond donors (Lipinski definition) is 1. The van der Waals surface area contributed by atoms with E-state index < -0.39 is 0 Å². The third-order valence-electron chi connectivity index (χ3n) is 2.75. The summed E-state index contributed by atoms with van der Waals surface area (Å²) in [4.78, 5) is 0. The van der Waals surface area contributed by atoms with Crippen LogP contribution in [-0.2, 0) is 6.42 Å². The molecule has 0 aliphatic carbocycles. The molecule has 2 aromatic rings. The van der Waals surface area contributed by atoms with Gasteiger partial charge in [-0.1, -0.05) is 29.8 Å². The van der Waals surface area contributed by atoms with Gasteiger partial charge < -0.3 is 10.2 Å². The van der Waals surface area contributed by atoms with Gasteiger partial charge in [0.2, 0.25) is 0 Å². The molecule has 84 valence electrons. The maximum absolute atomic E-state index is 6.14. The highest BCUT2D eigenvalue weighted by molar-refractivity contribution is 5.24. The van der Waals surface area contributed by atoms with E-state index in [1.165, 1.54) is 11.1 Å². The summed E-state index contributed by atoms with van der Waals surface area (Å²) in [7, 11) is 0. The molecule has 1 aromatic heterocycles. The van der Waals surface area contributed by atoms with Crippen molar-refractivity contribution in [3.63, 3.8) is 0 Å². The van der Waals surface area contributed by atoms with Crippen LogP contribution in [0.2, 0.25) is 0 Å². The second kappa shape index (κ2) is 4.99. The molecular weight excluding hydrogens is 198 g/mol. The van der Waals surface area contributed by atoms with Gasteiger partial charge >= 0.3 is 0 Å². The molecule has 0 saturated heterocycles. The van der Waals surface area contributed by atoms with Crippen molar-refractivity contribution in [2.24, 2.45) is 5.73 Å². The number of hydrogen-bond acceptors (Lipinski definition) is 2. The van der Waals surface area contributed by atoms with Crippen LogP contribution in [0.3, 0.4) is 0 Å². The largest absolute Gasteiger partial charge is 0.469 e. The van der Waals surface area contributed by atoms with E-state index in [9.17, 15) is 0 Å². The lowest BCUT2D eigenvalue weighted by molar-refractivity contribution is 0.488. The fraction of sp³-hybridized carbons (Fsp3) is 0.286. The standard InChI is InChI=1S/C14H17NO/c1-11-4-2-5-12(10-11)14(15)8-7-13-6-3-9-16-13/h2-6,9-10,14H,7-8,15H2,1H3. The van der Waals surface area contributed by atoms with Gasteiger partial charge in [-0.15, -0.1) is 0 Å². The average Bonchev–Trinajstić information content (AvgIpc) is 2.78. The van der Waals surface area contributed by atoms with Gasteiger partial charge in [0.05, 0.1) is 6.26 Å². The predicted molar refractivity (Wildman–Crippen MR) is 65.1 cm³/mol. The molecule has 2 heteroatoms. The van der Waals surface area contributed by atoms with Crippen LogP contribution in [-0.4, -0.2) is 0 Å². The summed E-state index contributed by atoms with van der Waals surface area (Å²) >= 11 is 0. The fourth-order valence-corrected chi connectivity index (χ4v) is 1.82. The van der Waals surface area contributed by atoms with E-state index >= 15 is 0 Å². The molecule has 0 fully saturated rings. The number of benzene rings is 1. The van der Waals surface area contributed by atoms with Crippen molar-refractivity contribution in [3.05, 3.63) is 59.5 Å². The number of aryl methyl sites for hydroxylation is 2. The normalized spacial score (nSPS) is 12.6. The quantitative estimate of drug-likeness (QED) is 0.850. The van der Waals surface area contributed by atoms with Gasteiger partial charge in [0.1, 0.15) is 5.76 Å². The van der Waals surface area contributed by atoms with Gasteiger partial charge in [0.15, 0.2) is 0 Å². The van der Waals surface area contributed by atoms with Crippen LogP contribution in [0.4, 0.5) is 0 Å². The van der Waals surface area contributed by atoms with Gasteiger partial charge in [0, 0.05) is 12.5 Å². The Hall–Kier alpha value is -1.54. The zero-order valence-electron chi connectivity index (χ0n) is 9.52. The van der Waals surface area contributed by atoms with Gasteiger partial charge in [-0.2, -0.15) is 0 Å². The summed E-state index contributed by atoms with van der Waals surface area (Å²) in [5.41, 5.74) is 8.59. The molecule has 2 N–H and O–H groups in total. The van der Waals surface area contributed by atoms with E-state index in [4.69, 9.17) is 10.2 Å². The van der Waals surface area contributed by atoms with Crippen LogP contribution in [0.1, 0.15) is 29.3 Å². The summed E-state index contributed by atoms with van der Waals surface area (Å²) in [5, 5.41) is 0. The van der Waals surface area contributed by atoms with E-state index in [1.54, 1.807) is 6.26 Å². The summed E-state index contributed by atoms with van der Waals surface area (Å²) in [5.74, 6) is 1.00.